The molecule has 1 aromatic heterocycles. The Balaban J connectivity index is 1.80. The van der Waals surface area contributed by atoms with Gasteiger partial charge in [0.1, 0.15) is 0 Å². The third-order valence-electron chi connectivity index (χ3n) is 3.62. The van der Waals surface area contributed by atoms with Gasteiger partial charge in [-0.1, -0.05) is 5.16 Å². The van der Waals surface area contributed by atoms with E-state index in [1.165, 1.54) is 30.5 Å². The fraction of sp³-hybridized carbons (Fsp3) is 0.118. The van der Waals surface area contributed by atoms with E-state index in [0.29, 0.717) is 16.0 Å². The number of nitro groups is 1. The summed E-state index contributed by atoms with van der Waals surface area (Å²) in [6, 6.07) is 12.7. The number of hydrogen-bond acceptors (Lipinski definition) is 7. The average Bonchev–Trinajstić information content (AvgIpc) is 3.10. The van der Waals surface area contributed by atoms with Gasteiger partial charge in [0.05, 0.1) is 4.92 Å². The summed E-state index contributed by atoms with van der Waals surface area (Å²) in [7, 11) is 3.82. The van der Waals surface area contributed by atoms with Crippen molar-refractivity contribution in [2.45, 2.75) is 0 Å². The minimum absolute atomic E-state index is 0.0352. The lowest BCUT2D eigenvalue weighted by atomic mass is 10.2. The summed E-state index contributed by atoms with van der Waals surface area (Å²) in [5.74, 6) is 0.271. The zero-order valence-corrected chi connectivity index (χ0v) is 14.1. The number of hydrogen-bond donors (Lipinski definition) is 0. The Bertz CT molecular complexity index is 946. The fourth-order valence-electron chi connectivity index (χ4n) is 2.21. The van der Waals surface area contributed by atoms with Crippen molar-refractivity contribution in [3.63, 3.8) is 0 Å². The average molecular weight is 353 g/mol. The number of non-ortho nitro benzene ring substituents is 1. The Kier molecular flexibility index (Phi) is 4.61. The van der Waals surface area contributed by atoms with Crippen LogP contribution < -0.4 is 4.90 Å². The lowest BCUT2D eigenvalue weighted by Crippen LogP contribution is -2.08. The molecule has 0 fully saturated rings. The summed E-state index contributed by atoms with van der Waals surface area (Å²) >= 11 is 0. The highest BCUT2D eigenvalue weighted by molar-refractivity contribution is 5.72. The van der Waals surface area contributed by atoms with Crippen LogP contribution in [0.3, 0.4) is 0 Å². The Labute approximate surface area is 148 Å². The van der Waals surface area contributed by atoms with Crippen LogP contribution in [0.1, 0.15) is 5.82 Å². The molecule has 0 N–H and O–H groups in total. The highest BCUT2D eigenvalue weighted by atomic mass is 16.6. The van der Waals surface area contributed by atoms with Gasteiger partial charge < -0.3 is 14.6 Å². The van der Waals surface area contributed by atoms with Crippen LogP contribution in [-0.2, 0) is 0 Å². The monoisotopic (exact) mass is 353 g/mol. The maximum atomic E-state index is 12.2. The molecule has 0 aliphatic carbocycles. The second-order valence-corrected chi connectivity index (χ2v) is 5.63. The standard InChI is InChI=1S/C17H15N5O4/c1-20(2)13-7-9-14(10-8-13)21(23)11-16-18-17(26-19-16)12-3-5-15(6-4-12)22(24)25/h3-11H,1-2H3/b21-11-. The molecule has 2 aromatic carbocycles. The zero-order valence-electron chi connectivity index (χ0n) is 14.1. The number of aromatic nitrogens is 2. The molecule has 0 saturated heterocycles. The molecule has 26 heavy (non-hydrogen) atoms. The van der Waals surface area contributed by atoms with Crippen molar-refractivity contribution in [3.8, 4) is 11.5 Å². The van der Waals surface area contributed by atoms with Crippen molar-refractivity contribution in [2.75, 3.05) is 19.0 Å². The van der Waals surface area contributed by atoms with Gasteiger partial charge in [-0.25, -0.2) is 0 Å². The molecule has 0 amide bonds. The molecular formula is C17H15N5O4. The summed E-state index contributed by atoms with van der Waals surface area (Å²) in [5, 5.41) is 26.6. The lowest BCUT2D eigenvalue weighted by molar-refractivity contribution is -0.384. The molecule has 0 aliphatic heterocycles. The summed E-state index contributed by atoms with van der Waals surface area (Å²) in [6.07, 6.45) is 1.20. The molecule has 9 heteroatoms. The zero-order chi connectivity index (χ0) is 18.7. The smallest absolute Gasteiger partial charge is 0.269 e. The van der Waals surface area contributed by atoms with Crippen molar-refractivity contribution < 1.29 is 14.2 Å². The van der Waals surface area contributed by atoms with Gasteiger partial charge in [-0.05, 0) is 24.3 Å². The van der Waals surface area contributed by atoms with Crippen LogP contribution in [0.2, 0.25) is 0 Å². The third kappa shape index (κ3) is 3.66. The molecule has 0 aliphatic rings. The first-order valence-corrected chi connectivity index (χ1v) is 7.61. The normalized spacial score (nSPS) is 11.4. The van der Waals surface area contributed by atoms with Gasteiger partial charge in [-0.3, -0.25) is 10.1 Å². The van der Waals surface area contributed by atoms with Crippen molar-refractivity contribution in [2.24, 2.45) is 0 Å². The summed E-state index contributed by atoms with van der Waals surface area (Å²) in [6.45, 7) is 0. The van der Waals surface area contributed by atoms with Crippen LogP contribution in [0.4, 0.5) is 17.1 Å². The van der Waals surface area contributed by atoms with Crippen molar-refractivity contribution in [1.29, 1.82) is 0 Å². The second-order valence-electron chi connectivity index (χ2n) is 5.63. The molecule has 1 heterocycles. The molecule has 0 bridgehead atoms. The Morgan fingerprint density at radius 2 is 1.62 bits per heavy atom. The first kappa shape index (κ1) is 17.1. The second kappa shape index (κ2) is 7.01. The highest BCUT2D eigenvalue weighted by Gasteiger charge is 2.12. The molecule has 0 saturated carbocycles. The summed E-state index contributed by atoms with van der Waals surface area (Å²) < 4.78 is 5.75. The quantitative estimate of drug-likeness (QED) is 0.228. The summed E-state index contributed by atoms with van der Waals surface area (Å²) in [4.78, 5) is 16.2. The van der Waals surface area contributed by atoms with Crippen LogP contribution in [0.5, 0.6) is 0 Å². The fourth-order valence-corrected chi connectivity index (χ4v) is 2.21. The first-order valence-electron chi connectivity index (χ1n) is 7.61. The predicted molar refractivity (Wildman–Crippen MR) is 95.6 cm³/mol. The molecule has 9 nitrogen and oxygen atoms in total. The van der Waals surface area contributed by atoms with E-state index in [0.717, 1.165) is 5.69 Å². The molecule has 0 radical (unpaired) electrons. The molecule has 132 valence electrons. The number of anilines is 1. The number of rotatable bonds is 5. The van der Waals surface area contributed by atoms with E-state index in [1.54, 1.807) is 12.1 Å². The highest BCUT2D eigenvalue weighted by Crippen LogP contribution is 2.21. The summed E-state index contributed by atoms with van der Waals surface area (Å²) in [5.41, 5.74) is 1.89. The lowest BCUT2D eigenvalue weighted by Gasteiger charge is -2.11. The molecule has 0 unspecified atom stereocenters. The minimum Gasteiger partial charge on any atom is -0.618 e. The van der Waals surface area contributed by atoms with Crippen molar-refractivity contribution in [1.82, 2.24) is 10.1 Å². The van der Waals surface area contributed by atoms with Crippen LogP contribution in [0.15, 0.2) is 53.1 Å². The largest absolute Gasteiger partial charge is 0.618 e. The predicted octanol–water partition coefficient (Wildman–Crippen LogP) is 2.97. The molecular weight excluding hydrogens is 338 g/mol. The van der Waals surface area contributed by atoms with Gasteiger partial charge in [0.2, 0.25) is 11.9 Å². The Hall–Kier alpha value is -3.75. The van der Waals surface area contributed by atoms with E-state index in [2.05, 4.69) is 10.1 Å². The Morgan fingerprint density at radius 1 is 1.00 bits per heavy atom. The number of nitro benzene ring substituents is 1. The van der Waals surface area contributed by atoms with E-state index in [9.17, 15) is 15.3 Å². The van der Waals surface area contributed by atoms with Gasteiger partial charge in [-0.15, -0.1) is 0 Å². The maximum Gasteiger partial charge on any atom is 0.269 e. The van der Waals surface area contributed by atoms with Gasteiger partial charge >= 0.3 is 0 Å². The van der Waals surface area contributed by atoms with Gasteiger partial charge in [0.25, 0.3) is 17.4 Å². The van der Waals surface area contributed by atoms with Crippen LogP contribution in [0, 0.1) is 15.3 Å². The molecule has 0 atom stereocenters. The van der Waals surface area contributed by atoms with Crippen LogP contribution in [0.25, 0.3) is 11.5 Å². The Morgan fingerprint density at radius 3 is 2.19 bits per heavy atom. The maximum absolute atomic E-state index is 12.2. The number of benzene rings is 2. The van der Waals surface area contributed by atoms with Crippen LogP contribution in [-0.4, -0.2) is 40.1 Å². The van der Waals surface area contributed by atoms with Gasteiger partial charge in [0, 0.05) is 49.6 Å². The van der Waals surface area contributed by atoms with E-state index in [-0.39, 0.29) is 17.4 Å². The van der Waals surface area contributed by atoms with Crippen LogP contribution >= 0.6 is 0 Å². The topological polar surface area (TPSA) is 111 Å². The van der Waals surface area contributed by atoms with E-state index in [4.69, 9.17) is 4.52 Å². The number of nitrogens with zero attached hydrogens (tertiary/aromatic N) is 5. The van der Waals surface area contributed by atoms with Gasteiger partial charge in [-0.2, -0.15) is 9.72 Å². The van der Waals surface area contributed by atoms with E-state index < -0.39 is 4.92 Å². The third-order valence-corrected chi connectivity index (χ3v) is 3.62. The van der Waals surface area contributed by atoms with Crippen molar-refractivity contribution >= 4 is 23.3 Å². The SMILES string of the molecule is CN(C)c1ccc(/[N+]([O-])=C/c2noc(-c3ccc([N+](=O)[O-])cc3)n2)cc1. The van der Waals surface area contributed by atoms with E-state index >= 15 is 0 Å². The first-order chi connectivity index (χ1) is 12.4. The van der Waals surface area contributed by atoms with Crippen molar-refractivity contribution in [3.05, 3.63) is 69.7 Å². The molecule has 3 rings (SSSR count). The molecule has 3 aromatic rings. The minimum atomic E-state index is -0.492. The molecule has 0 spiro atoms. The van der Waals surface area contributed by atoms with E-state index in [1.807, 2.05) is 31.1 Å². The van der Waals surface area contributed by atoms with Gasteiger partial charge in [0.15, 0.2) is 0 Å².